The Morgan fingerprint density at radius 2 is 2.05 bits per heavy atom. The summed E-state index contributed by atoms with van der Waals surface area (Å²) in [5, 5.41) is 15.9. The molecule has 2 rings (SSSR count). The number of aromatic nitrogens is 4. The van der Waals surface area contributed by atoms with Crippen LogP contribution in [-0.4, -0.2) is 37.5 Å². The van der Waals surface area contributed by atoms with Crippen LogP contribution in [0.15, 0.2) is 24.4 Å². The van der Waals surface area contributed by atoms with Gasteiger partial charge in [-0.2, -0.15) is 16.9 Å². The summed E-state index contributed by atoms with van der Waals surface area (Å²) in [7, 11) is 0. The smallest absolute Gasteiger partial charge is 0.175 e. The van der Waals surface area contributed by atoms with Gasteiger partial charge in [0.15, 0.2) is 5.82 Å². The minimum atomic E-state index is 0.180. The molecule has 0 aliphatic heterocycles. The molecule has 0 unspecified atom stereocenters. The monoisotopic (exact) mass is 277 g/mol. The molecule has 0 aliphatic carbocycles. The topological polar surface area (TPSA) is 55.6 Å². The van der Waals surface area contributed by atoms with E-state index in [1.165, 1.54) is 0 Å². The van der Waals surface area contributed by atoms with Gasteiger partial charge < -0.3 is 5.32 Å². The SMILES string of the molecule is CSC(C)(C)CNc1ccc(-n2ccc(C)n2)nn1. The van der Waals surface area contributed by atoms with E-state index >= 15 is 0 Å². The Kier molecular flexibility index (Phi) is 4.09. The van der Waals surface area contributed by atoms with Crippen LogP contribution in [0.25, 0.3) is 5.82 Å². The second-order valence-corrected chi connectivity index (χ2v) is 6.51. The number of aryl methyl sites for hydroxylation is 1. The highest BCUT2D eigenvalue weighted by Gasteiger charge is 2.15. The van der Waals surface area contributed by atoms with Crippen molar-refractivity contribution in [1.29, 1.82) is 0 Å². The standard InChI is InChI=1S/C13H19N5S/c1-10-7-8-18(17-10)12-6-5-11(15-16-12)14-9-13(2,3)19-4/h5-8H,9H2,1-4H3,(H,14,15). The van der Waals surface area contributed by atoms with Gasteiger partial charge in [-0.25, -0.2) is 4.68 Å². The second kappa shape index (κ2) is 5.61. The minimum absolute atomic E-state index is 0.180. The first-order chi connectivity index (χ1) is 9.00. The highest BCUT2D eigenvalue weighted by molar-refractivity contribution is 7.99. The van der Waals surface area contributed by atoms with E-state index in [9.17, 15) is 0 Å². The van der Waals surface area contributed by atoms with Crippen molar-refractivity contribution >= 4 is 17.6 Å². The van der Waals surface area contributed by atoms with Crippen LogP contribution in [0.5, 0.6) is 0 Å². The number of hydrogen-bond donors (Lipinski definition) is 1. The van der Waals surface area contributed by atoms with E-state index < -0.39 is 0 Å². The average molecular weight is 277 g/mol. The molecule has 5 nitrogen and oxygen atoms in total. The molecule has 0 aromatic carbocycles. The molecule has 0 amide bonds. The van der Waals surface area contributed by atoms with Crippen molar-refractivity contribution in [2.24, 2.45) is 0 Å². The van der Waals surface area contributed by atoms with Crippen LogP contribution in [0.1, 0.15) is 19.5 Å². The maximum Gasteiger partial charge on any atom is 0.175 e. The molecular weight excluding hydrogens is 258 g/mol. The van der Waals surface area contributed by atoms with Gasteiger partial charge in [-0.15, -0.1) is 10.2 Å². The predicted molar refractivity (Wildman–Crippen MR) is 80.0 cm³/mol. The lowest BCUT2D eigenvalue weighted by Crippen LogP contribution is -2.26. The quantitative estimate of drug-likeness (QED) is 0.910. The number of rotatable bonds is 5. The zero-order chi connectivity index (χ0) is 13.9. The summed E-state index contributed by atoms with van der Waals surface area (Å²) < 4.78 is 1.90. The molecule has 0 saturated carbocycles. The number of nitrogens with one attached hydrogen (secondary N) is 1. The van der Waals surface area contributed by atoms with Crippen LogP contribution < -0.4 is 5.32 Å². The fourth-order valence-electron chi connectivity index (χ4n) is 1.46. The summed E-state index contributed by atoms with van der Waals surface area (Å²) in [5.74, 6) is 1.51. The van der Waals surface area contributed by atoms with E-state index in [0.717, 1.165) is 23.9 Å². The third kappa shape index (κ3) is 3.70. The van der Waals surface area contributed by atoms with Gasteiger partial charge in [0.2, 0.25) is 0 Å². The van der Waals surface area contributed by atoms with E-state index in [0.29, 0.717) is 0 Å². The molecule has 2 aromatic rings. The maximum atomic E-state index is 4.30. The minimum Gasteiger partial charge on any atom is -0.367 e. The molecular formula is C13H19N5S. The molecule has 0 radical (unpaired) electrons. The van der Waals surface area contributed by atoms with Crippen molar-refractivity contribution in [2.75, 3.05) is 18.1 Å². The molecule has 19 heavy (non-hydrogen) atoms. The van der Waals surface area contributed by atoms with Gasteiger partial charge in [0.1, 0.15) is 5.82 Å². The Morgan fingerprint density at radius 1 is 1.26 bits per heavy atom. The molecule has 2 aromatic heterocycles. The van der Waals surface area contributed by atoms with E-state index in [1.807, 2.05) is 43.1 Å². The summed E-state index contributed by atoms with van der Waals surface area (Å²) in [6, 6.07) is 5.78. The fraction of sp³-hybridized carbons (Fsp3) is 0.462. The number of hydrogen-bond acceptors (Lipinski definition) is 5. The molecule has 0 fully saturated rings. The molecule has 0 atom stereocenters. The van der Waals surface area contributed by atoms with Crippen molar-refractivity contribution in [3.63, 3.8) is 0 Å². The lowest BCUT2D eigenvalue weighted by atomic mass is 10.2. The van der Waals surface area contributed by atoms with E-state index in [2.05, 4.69) is 40.7 Å². The molecule has 2 heterocycles. The third-order valence-corrected chi connectivity index (χ3v) is 4.10. The summed E-state index contributed by atoms with van der Waals surface area (Å²) >= 11 is 1.82. The number of anilines is 1. The van der Waals surface area contributed by atoms with Gasteiger partial charge in [-0.1, -0.05) is 0 Å². The normalized spacial score (nSPS) is 11.6. The number of nitrogens with zero attached hydrogens (tertiary/aromatic N) is 4. The van der Waals surface area contributed by atoms with Crippen LogP contribution in [0.3, 0.4) is 0 Å². The first-order valence-electron chi connectivity index (χ1n) is 6.15. The second-order valence-electron chi connectivity index (χ2n) is 5.00. The predicted octanol–water partition coefficient (Wildman–Crippen LogP) is 2.52. The van der Waals surface area contributed by atoms with Crippen molar-refractivity contribution < 1.29 is 0 Å². The van der Waals surface area contributed by atoms with Crippen LogP contribution in [0.2, 0.25) is 0 Å². The van der Waals surface area contributed by atoms with Gasteiger partial charge in [0.05, 0.1) is 5.69 Å². The summed E-state index contributed by atoms with van der Waals surface area (Å²) in [4.78, 5) is 0. The third-order valence-electron chi connectivity index (χ3n) is 2.86. The van der Waals surface area contributed by atoms with Crippen molar-refractivity contribution in [3.05, 3.63) is 30.1 Å². The summed E-state index contributed by atoms with van der Waals surface area (Å²) in [6.45, 7) is 7.19. The molecule has 0 saturated heterocycles. The Hall–Kier alpha value is -1.56. The van der Waals surface area contributed by atoms with Crippen LogP contribution in [0, 0.1) is 6.92 Å². The van der Waals surface area contributed by atoms with E-state index in [-0.39, 0.29) is 4.75 Å². The lowest BCUT2D eigenvalue weighted by molar-refractivity contribution is 0.745. The zero-order valence-electron chi connectivity index (χ0n) is 11.7. The van der Waals surface area contributed by atoms with Crippen LogP contribution >= 0.6 is 11.8 Å². The Morgan fingerprint density at radius 3 is 2.58 bits per heavy atom. The molecule has 102 valence electrons. The lowest BCUT2D eigenvalue weighted by Gasteiger charge is -2.22. The van der Waals surface area contributed by atoms with Crippen molar-refractivity contribution in [1.82, 2.24) is 20.0 Å². The van der Waals surface area contributed by atoms with E-state index in [1.54, 1.807) is 4.68 Å². The molecule has 6 heteroatoms. The Bertz CT molecular complexity index is 532. The molecule has 0 bridgehead atoms. The first kappa shape index (κ1) is 13.9. The highest BCUT2D eigenvalue weighted by atomic mass is 32.2. The van der Waals surface area contributed by atoms with Gasteiger partial charge in [-0.05, 0) is 45.2 Å². The molecule has 0 aliphatic rings. The van der Waals surface area contributed by atoms with Crippen LogP contribution in [0.4, 0.5) is 5.82 Å². The van der Waals surface area contributed by atoms with Gasteiger partial charge in [0, 0.05) is 17.5 Å². The first-order valence-corrected chi connectivity index (χ1v) is 7.38. The van der Waals surface area contributed by atoms with Gasteiger partial charge >= 0.3 is 0 Å². The summed E-state index contributed by atoms with van der Waals surface area (Å²) in [5.41, 5.74) is 0.964. The zero-order valence-corrected chi connectivity index (χ0v) is 12.5. The average Bonchev–Trinajstić information content (AvgIpc) is 2.84. The van der Waals surface area contributed by atoms with Crippen molar-refractivity contribution in [3.8, 4) is 5.82 Å². The Balaban J connectivity index is 2.03. The molecule has 1 N–H and O–H groups in total. The fourth-order valence-corrected chi connectivity index (χ4v) is 1.68. The van der Waals surface area contributed by atoms with Crippen molar-refractivity contribution in [2.45, 2.75) is 25.5 Å². The van der Waals surface area contributed by atoms with Gasteiger partial charge in [0.25, 0.3) is 0 Å². The maximum absolute atomic E-state index is 4.30. The largest absolute Gasteiger partial charge is 0.367 e. The highest BCUT2D eigenvalue weighted by Crippen LogP contribution is 2.21. The summed E-state index contributed by atoms with van der Waals surface area (Å²) in [6.07, 6.45) is 3.99. The van der Waals surface area contributed by atoms with Gasteiger partial charge in [-0.3, -0.25) is 0 Å². The van der Waals surface area contributed by atoms with E-state index in [4.69, 9.17) is 0 Å². The Labute approximate surface area is 117 Å². The van der Waals surface area contributed by atoms with Crippen LogP contribution in [-0.2, 0) is 0 Å². The molecule has 0 spiro atoms. The number of thioether (sulfide) groups is 1.